The Morgan fingerprint density at radius 1 is 1.39 bits per heavy atom. The molecule has 1 amide bonds. The quantitative estimate of drug-likeness (QED) is 0.868. The Balaban J connectivity index is 0.00000289. The second-order valence-electron chi connectivity index (χ2n) is 3.57. The third-order valence-electron chi connectivity index (χ3n) is 1.78. The SMILES string of the molecule is CN(C)CCOC(=O)Nc1cc(Cl)nc(Cl)c1.Cl. The van der Waals surface area contributed by atoms with Crippen LogP contribution in [-0.2, 0) is 4.74 Å². The van der Waals surface area contributed by atoms with Crippen LogP contribution in [0.1, 0.15) is 0 Å². The summed E-state index contributed by atoms with van der Waals surface area (Å²) in [6, 6.07) is 2.97. The van der Waals surface area contributed by atoms with Crippen LogP contribution in [0.4, 0.5) is 10.5 Å². The van der Waals surface area contributed by atoms with Crippen molar-refractivity contribution in [2.24, 2.45) is 0 Å². The third kappa shape index (κ3) is 6.86. The maximum Gasteiger partial charge on any atom is 0.411 e. The summed E-state index contributed by atoms with van der Waals surface area (Å²) in [5.41, 5.74) is 0.449. The summed E-state index contributed by atoms with van der Waals surface area (Å²) in [6.07, 6.45) is -0.551. The molecule has 0 saturated carbocycles. The van der Waals surface area contributed by atoms with Gasteiger partial charge in [-0.15, -0.1) is 12.4 Å². The number of carbonyl (C=O) groups is 1. The molecular formula is C10H14Cl3N3O2. The van der Waals surface area contributed by atoms with Gasteiger partial charge in [-0.3, -0.25) is 5.32 Å². The highest BCUT2D eigenvalue weighted by atomic mass is 35.5. The molecule has 1 aromatic rings. The smallest absolute Gasteiger partial charge is 0.411 e. The zero-order valence-electron chi connectivity index (χ0n) is 9.94. The van der Waals surface area contributed by atoms with Crippen LogP contribution in [-0.4, -0.2) is 43.2 Å². The Morgan fingerprint density at radius 2 is 1.94 bits per heavy atom. The van der Waals surface area contributed by atoms with Crippen LogP contribution in [0.3, 0.4) is 0 Å². The first-order valence-corrected chi connectivity index (χ1v) is 5.64. The summed E-state index contributed by atoms with van der Waals surface area (Å²) < 4.78 is 4.94. The lowest BCUT2D eigenvalue weighted by atomic mass is 10.4. The van der Waals surface area contributed by atoms with E-state index in [1.54, 1.807) is 0 Å². The van der Waals surface area contributed by atoms with Crippen molar-refractivity contribution in [3.05, 3.63) is 22.4 Å². The zero-order valence-corrected chi connectivity index (χ0v) is 12.3. The average Bonchev–Trinajstić information content (AvgIpc) is 2.14. The van der Waals surface area contributed by atoms with E-state index in [0.29, 0.717) is 18.8 Å². The highest BCUT2D eigenvalue weighted by Crippen LogP contribution is 2.18. The molecule has 0 aliphatic carbocycles. The molecule has 18 heavy (non-hydrogen) atoms. The lowest BCUT2D eigenvalue weighted by Crippen LogP contribution is -2.22. The summed E-state index contributed by atoms with van der Waals surface area (Å²) >= 11 is 11.4. The molecule has 0 radical (unpaired) electrons. The van der Waals surface area contributed by atoms with Crippen molar-refractivity contribution in [1.29, 1.82) is 0 Å². The van der Waals surface area contributed by atoms with Crippen LogP contribution in [0.25, 0.3) is 0 Å². The Morgan fingerprint density at radius 3 is 2.44 bits per heavy atom. The summed E-state index contributed by atoms with van der Waals surface area (Å²) in [4.78, 5) is 17.0. The first-order chi connectivity index (χ1) is 7.97. The summed E-state index contributed by atoms with van der Waals surface area (Å²) in [5, 5.41) is 2.93. The highest BCUT2D eigenvalue weighted by Gasteiger charge is 2.05. The van der Waals surface area contributed by atoms with Crippen molar-refractivity contribution < 1.29 is 9.53 Å². The lowest BCUT2D eigenvalue weighted by Gasteiger charge is -2.10. The number of rotatable bonds is 4. The molecule has 0 unspecified atom stereocenters. The number of nitrogens with zero attached hydrogens (tertiary/aromatic N) is 2. The first kappa shape index (κ1) is 17.2. The molecule has 8 heteroatoms. The van der Waals surface area contributed by atoms with Gasteiger partial charge in [0.2, 0.25) is 0 Å². The van der Waals surface area contributed by atoms with Crippen LogP contribution >= 0.6 is 35.6 Å². The second-order valence-corrected chi connectivity index (χ2v) is 4.34. The molecule has 1 heterocycles. The molecule has 0 aliphatic heterocycles. The van der Waals surface area contributed by atoms with Gasteiger partial charge in [0.05, 0.1) is 5.69 Å². The first-order valence-electron chi connectivity index (χ1n) is 4.89. The van der Waals surface area contributed by atoms with Crippen molar-refractivity contribution in [3.63, 3.8) is 0 Å². The highest BCUT2D eigenvalue weighted by molar-refractivity contribution is 6.32. The Labute approximate surface area is 122 Å². The van der Waals surface area contributed by atoms with E-state index >= 15 is 0 Å². The fourth-order valence-corrected chi connectivity index (χ4v) is 1.47. The Bertz CT molecular complexity index is 382. The number of nitrogens with one attached hydrogen (secondary N) is 1. The summed E-state index contributed by atoms with van der Waals surface area (Å²) in [6.45, 7) is 0.969. The fourth-order valence-electron chi connectivity index (χ4n) is 1.01. The fraction of sp³-hybridized carbons (Fsp3) is 0.400. The number of carbonyl (C=O) groups excluding carboxylic acids is 1. The normalized spacial score (nSPS) is 9.83. The Hall–Kier alpha value is -0.750. The monoisotopic (exact) mass is 313 g/mol. The number of amides is 1. The number of hydrogen-bond donors (Lipinski definition) is 1. The zero-order chi connectivity index (χ0) is 12.8. The van der Waals surface area contributed by atoms with Gasteiger partial charge in [0.15, 0.2) is 0 Å². The molecule has 102 valence electrons. The minimum Gasteiger partial charge on any atom is -0.448 e. The van der Waals surface area contributed by atoms with Gasteiger partial charge in [0.25, 0.3) is 0 Å². The minimum absolute atomic E-state index is 0. The van der Waals surface area contributed by atoms with Gasteiger partial charge < -0.3 is 9.64 Å². The number of ether oxygens (including phenoxy) is 1. The molecule has 0 aliphatic rings. The third-order valence-corrected chi connectivity index (χ3v) is 2.17. The molecule has 1 aromatic heterocycles. The number of halogens is 3. The van der Waals surface area contributed by atoms with Gasteiger partial charge in [-0.25, -0.2) is 9.78 Å². The lowest BCUT2D eigenvalue weighted by molar-refractivity contribution is 0.151. The van der Waals surface area contributed by atoms with E-state index in [0.717, 1.165) is 0 Å². The van der Waals surface area contributed by atoms with Crippen molar-refractivity contribution in [2.75, 3.05) is 32.6 Å². The van der Waals surface area contributed by atoms with Gasteiger partial charge in [0.1, 0.15) is 16.9 Å². The average molecular weight is 315 g/mol. The molecular weight excluding hydrogens is 300 g/mol. The van der Waals surface area contributed by atoms with Gasteiger partial charge in [-0.05, 0) is 26.2 Å². The maximum atomic E-state index is 11.4. The van der Waals surface area contributed by atoms with Crippen LogP contribution in [0.15, 0.2) is 12.1 Å². The van der Waals surface area contributed by atoms with E-state index < -0.39 is 6.09 Å². The van der Waals surface area contributed by atoms with Crippen LogP contribution in [0.2, 0.25) is 10.3 Å². The molecule has 1 N–H and O–H groups in total. The van der Waals surface area contributed by atoms with Crippen LogP contribution < -0.4 is 5.32 Å². The van der Waals surface area contributed by atoms with E-state index in [-0.39, 0.29) is 22.7 Å². The summed E-state index contributed by atoms with van der Waals surface area (Å²) in [5.74, 6) is 0. The van der Waals surface area contributed by atoms with E-state index in [2.05, 4.69) is 10.3 Å². The van der Waals surface area contributed by atoms with Gasteiger partial charge in [-0.2, -0.15) is 0 Å². The van der Waals surface area contributed by atoms with Crippen molar-refractivity contribution in [3.8, 4) is 0 Å². The molecule has 0 atom stereocenters. The number of anilines is 1. The van der Waals surface area contributed by atoms with E-state index in [9.17, 15) is 4.79 Å². The molecule has 5 nitrogen and oxygen atoms in total. The molecule has 0 saturated heterocycles. The minimum atomic E-state index is -0.551. The number of likely N-dealkylation sites (N-methyl/N-ethyl adjacent to an activating group) is 1. The van der Waals surface area contributed by atoms with Gasteiger partial charge in [0, 0.05) is 6.54 Å². The molecule has 1 rings (SSSR count). The molecule has 0 aromatic carbocycles. The van der Waals surface area contributed by atoms with E-state index in [4.69, 9.17) is 27.9 Å². The summed E-state index contributed by atoms with van der Waals surface area (Å²) in [7, 11) is 3.79. The largest absolute Gasteiger partial charge is 0.448 e. The topological polar surface area (TPSA) is 54.5 Å². The number of pyridine rings is 1. The molecule has 0 spiro atoms. The van der Waals surface area contributed by atoms with Gasteiger partial charge >= 0.3 is 6.09 Å². The predicted octanol–water partition coefficient (Wildman–Crippen LogP) is 2.92. The standard InChI is InChI=1S/C10H13Cl2N3O2.ClH/c1-15(2)3-4-17-10(16)13-7-5-8(11)14-9(12)6-7;/h5-6H,3-4H2,1-2H3,(H,13,14,16);1H. The van der Waals surface area contributed by atoms with E-state index in [1.165, 1.54) is 12.1 Å². The molecule has 0 fully saturated rings. The van der Waals surface area contributed by atoms with E-state index in [1.807, 2.05) is 19.0 Å². The predicted molar refractivity (Wildman–Crippen MR) is 75.0 cm³/mol. The van der Waals surface area contributed by atoms with Crippen molar-refractivity contribution >= 4 is 47.4 Å². The van der Waals surface area contributed by atoms with Gasteiger partial charge in [-0.1, -0.05) is 23.2 Å². The van der Waals surface area contributed by atoms with Crippen molar-refractivity contribution in [2.45, 2.75) is 0 Å². The number of hydrogen-bond acceptors (Lipinski definition) is 4. The molecule has 0 bridgehead atoms. The van der Waals surface area contributed by atoms with Crippen LogP contribution in [0, 0.1) is 0 Å². The van der Waals surface area contributed by atoms with Crippen molar-refractivity contribution in [1.82, 2.24) is 9.88 Å². The second kappa shape index (κ2) is 8.37. The van der Waals surface area contributed by atoms with Crippen LogP contribution in [0.5, 0.6) is 0 Å². The Kier molecular flexibility index (Phi) is 8.02. The maximum absolute atomic E-state index is 11.4. The number of aromatic nitrogens is 1.